The molecule has 0 spiro atoms. The van der Waals surface area contributed by atoms with Gasteiger partial charge in [-0.05, 0) is 79.4 Å². The highest BCUT2D eigenvalue weighted by Crippen LogP contribution is 2.34. The number of pyridine rings is 1. The standard InChI is InChI=1S/C14H11ClN2O.C12H15NOS.C5H12/c1-16-9-2-3-12(15)11(8-9)14-10-5-7-18-13(10)4-6-17-14;14-10-11-4-6-12(7-5-11)13-8-2-1-3-9-15-13;1-3-5-4-2/h2-8,16H,1H3;4-7,10H,1-3,8-9H2;3-5H2,1-2H3. The van der Waals surface area contributed by atoms with Gasteiger partial charge in [-0.3, -0.25) is 9.78 Å². The second-order valence-corrected chi connectivity index (χ2v) is 10.5. The molecule has 5 rings (SSSR count). The van der Waals surface area contributed by atoms with Crippen molar-refractivity contribution < 1.29 is 9.21 Å². The molecule has 0 bridgehead atoms. The molecule has 38 heavy (non-hydrogen) atoms. The molecule has 0 unspecified atom stereocenters. The molecule has 2 aromatic heterocycles. The number of benzene rings is 2. The number of nitrogens with one attached hydrogen (secondary N) is 1. The molecule has 0 aliphatic carbocycles. The third-order valence-electron chi connectivity index (χ3n) is 6.17. The number of furan rings is 1. The van der Waals surface area contributed by atoms with Crippen molar-refractivity contribution >= 4 is 52.2 Å². The zero-order valence-corrected chi connectivity index (χ0v) is 24.2. The summed E-state index contributed by atoms with van der Waals surface area (Å²) in [6, 6.07) is 17.3. The van der Waals surface area contributed by atoms with Crippen molar-refractivity contribution in [2.75, 3.05) is 29.0 Å². The smallest absolute Gasteiger partial charge is 0.150 e. The number of carbonyl (C=O) groups is 1. The number of hydrogen-bond donors (Lipinski definition) is 1. The number of carbonyl (C=O) groups excluding carboxylic acids is 1. The van der Waals surface area contributed by atoms with Crippen LogP contribution in [-0.2, 0) is 0 Å². The van der Waals surface area contributed by atoms with Gasteiger partial charge in [-0.1, -0.05) is 51.1 Å². The van der Waals surface area contributed by atoms with E-state index in [2.05, 4.69) is 28.5 Å². The van der Waals surface area contributed by atoms with Crippen molar-refractivity contribution in [2.24, 2.45) is 0 Å². The molecule has 5 nitrogen and oxygen atoms in total. The SMILES string of the molecule is CCCCC.CNc1ccc(Cl)c(-c2nccc3occc23)c1.O=Cc1ccc(N2CCCCCS2)cc1. The van der Waals surface area contributed by atoms with Crippen molar-refractivity contribution in [2.45, 2.75) is 52.4 Å². The molecule has 1 N–H and O–H groups in total. The Morgan fingerprint density at radius 2 is 1.84 bits per heavy atom. The van der Waals surface area contributed by atoms with Gasteiger partial charge in [-0.25, -0.2) is 0 Å². The molecule has 202 valence electrons. The first-order chi connectivity index (χ1) is 18.6. The van der Waals surface area contributed by atoms with E-state index in [0.29, 0.717) is 5.02 Å². The number of fused-ring (bicyclic) bond motifs is 1. The fourth-order valence-corrected chi connectivity index (χ4v) is 5.31. The predicted molar refractivity (Wildman–Crippen MR) is 165 cm³/mol. The number of nitrogens with zero attached hydrogens (tertiary/aromatic N) is 2. The van der Waals surface area contributed by atoms with Crippen molar-refractivity contribution in [3.63, 3.8) is 0 Å². The Morgan fingerprint density at radius 3 is 2.53 bits per heavy atom. The lowest BCUT2D eigenvalue weighted by Crippen LogP contribution is -2.14. The highest BCUT2D eigenvalue weighted by molar-refractivity contribution is 8.00. The van der Waals surface area contributed by atoms with Crippen LogP contribution >= 0.6 is 23.5 Å². The molecule has 0 radical (unpaired) electrons. The second-order valence-electron chi connectivity index (χ2n) is 9.00. The van der Waals surface area contributed by atoms with Gasteiger partial charge >= 0.3 is 0 Å². The van der Waals surface area contributed by atoms with Crippen LogP contribution in [0.15, 0.2) is 71.5 Å². The molecule has 0 saturated carbocycles. The van der Waals surface area contributed by atoms with Gasteiger partial charge in [0.1, 0.15) is 11.9 Å². The van der Waals surface area contributed by atoms with E-state index in [1.54, 1.807) is 12.5 Å². The Hall–Kier alpha value is -2.96. The fraction of sp³-hybridized carbons (Fsp3) is 0.355. The van der Waals surface area contributed by atoms with E-state index in [0.717, 1.165) is 46.3 Å². The first-order valence-corrected chi connectivity index (χ1v) is 14.7. The molecule has 1 aliphatic heterocycles. The summed E-state index contributed by atoms with van der Waals surface area (Å²) in [7, 11) is 1.87. The zero-order chi connectivity index (χ0) is 27.2. The quantitative estimate of drug-likeness (QED) is 0.190. The Balaban J connectivity index is 0.000000182. The van der Waals surface area contributed by atoms with Gasteiger partial charge in [0, 0.05) is 53.4 Å². The molecule has 7 heteroatoms. The van der Waals surface area contributed by atoms with Gasteiger partial charge in [0.25, 0.3) is 0 Å². The van der Waals surface area contributed by atoms with Crippen LogP contribution in [0.4, 0.5) is 11.4 Å². The number of anilines is 2. The van der Waals surface area contributed by atoms with Crippen LogP contribution in [0, 0.1) is 0 Å². The van der Waals surface area contributed by atoms with Crippen LogP contribution in [0.3, 0.4) is 0 Å². The maximum Gasteiger partial charge on any atom is 0.150 e. The second kappa shape index (κ2) is 16.1. The highest BCUT2D eigenvalue weighted by Gasteiger charge is 2.12. The summed E-state index contributed by atoms with van der Waals surface area (Å²) in [5.41, 5.74) is 5.51. The van der Waals surface area contributed by atoms with Crippen molar-refractivity contribution in [1.82, 2.24) is 4.98 Å². The summed E-state index contributed by atoms with van der Waals surface area (Å²) < 4.78 is 7.71. The van der Waals surface area contributed by atoms with E-state index in [1.807, 2.05) is 73.6 Å². The van der Waals surface area contributed by atoms with Gasteiger partial charge in [0.2, 0.25) is 0 Å². The van der Waals surface area contributed by atoms with Gasteiger partial charge < -0.3 is 14.0 Å². The number of halogens is 1. The van der Waals surface area contributed by atoms with E-state index < -0.39 is 0 Å². The lowest BCUT2D eigenvalue weighted by molar-refractivity contribution is 0.112. The van der Waals surface area contributed by atoms with Gasteiger partial charge in [-0.2, -0.15) is 0 Å². The maximum absolute atomic E-state index is 10.5. The molecule has 2 aromatic carbocycles. The normalized spacial score (nSPS) is 13.0. The molecular weight excluding hydrogens is 514 g/mol. The van der Waals surface area contributed by atoms with Gasteiger partial charge in [0.15, 0.2) is 0 Å². The fourth-order valence-electron chi connectivity index (χ4n) is 4.02. The van der Waals surface area contributed by atoms with E-state index in [9.17, 15) is 4.79 Å². The zero-order valence-electron chi connectivity index (χ0n) is 22.6. The Kier molecular flexibility index (Phi) is 12.5. The summed E-state index contributed by atoms with van der Waals surface area (Å²) >= 11 is 8.15. The molecule has 1 saturated heterocycles. The summed E-state index contributed by atoms with van der Waals surface area (Å²) in [5.74, 6) is 1.20. The average molecular weight is 552 g/mol. The Labute approximate surface area is 236 Å². The maximum atomic E-state index is 10.5. The predicted octanol–water partition coefficient (Wildman–Crippen LogP) is 9.52. The van der Waals surface area contributed by atoms with Gasteiger partial charge in [-0.15, -0.1) is 0 Å². The third kappa shape index (κ3) is 8.53. The first kappa shape index (κ1) is 29.6. The summed E-state index contributed by atoms with van der Waals surface area (Å²) in [4.78, 5) is 14.9. The highest BCUT2D eigenvalue weighted by atomic mass is 35.5. The van der Waals surface area contributed by atoms with Gasteiger partial charge in [0.05, 0.1) is 17.0 Å². The summed E-state index contributed by atoms with van der Waals surface area (Å²) in [6.45, 7) is 5.54. The van der Waals surface area contributed by atoms with E-state index in [1.165, 1.54) is 50.0 Å². The minimum atomic E-state index is 0.676. The minimum Gasteiger partial charge on any atom is -0.464 e. The molecule has 4 aromatic rings. The Morgan fingerprint density at radius 1 is 1.05 bits per heavy atom. The molecule has 3 heterocycles. The minimum absolute atomic E-state index is 0.676. The van der Waals surface area contributed by atoms with E-state index in [4.69, 9.17) is 16.0 Å². The lowest BCUT2D eigenvalue weighted by atomic mass is 10.1. The van der Waals surface area contributed by atoms with Crippen LogP contribution < -0.4 is 9.62 Å². The Bertz CT molecular complexity index is 1250. The van der Waals surface area contributed by atoms with Crippen LogP contribution in [0.1, 0.15) is 62.7 Å². The van der Waals surface area contributed by atoms with Crippen molar-refractivity contribution in [1.29, 1.82) is 0 Å². The lowest BCUT2D eigenvalue weighted by Gasteiger charge is -2.20. The topological polar surface area (TPSA) is 58.4 Å². The first-order valence-electron chi connectivity index (χ1n) is 13.4. The number of aldehydes is 1. The third-order valence-corrected chi connectivity index (χ3v) is 7.67. The number of aromatic nitrogens is 1. The van der Waals surface area contributed by atoms with Crippen LogP contribution in [0.5, 0.6) is 0 Å². The molecular formula is C31H38ClN3O2S. The largest absolute Gasteiger partial charge is 0.464 e. The number of unbranched alkanes of at least 4 members (excludes halogenated alkanes) is 2. The molecule has 0 amide bonds. The molecule has 1 aliphatic rings. The number of rotatable bonds is 6. The van der Waals surface area contributed by atoms with Crippen LogP contribution in [0.2, 0.25) is 5.02 Å². The monoisotopic (exact) mass is 551 g/mol. The molecule has 0 atom stereocenters. The van der Waals surface area contributed by atoms with E-state index in [-0.39, 0.29) is 0 Å². The number of hydrogen-bond acceptors (Lipinski definition) is 6. The van der Waals surface area contributed by atoms with Crippen LogP contribution in [-0.4, -0.2) is 30.6 Å². The summed E-state index contributed by atoms with van der Waals surface area (Å²) in [5, 5.41) is 4.74. The van der Waals surface area contributed by atoms with Crippen LogP contribution in [0.25, 0.3) is 22.2 Å². The van der Waals surface area contributed by atoms with Crippen molar-refractivity contribution in [3.8, 4) is 11.3 Å². The van der Waals surface area contributed by atoms with E-state index >= 15 is 0 Å². The molecule has 1 fully saturated rings. The average Bonchev–Trinajstić information content (AvgIpc) is 3.28. The van der Waals surface area contributed by atoms with Crippen molar-refractivity contribution in [3.05, 3.63) is 77.6 Å². The summed E-state index contributed by atoms with van der Waals surface area (Å²) in [6.07, 6.45) is 12.3.